The second-order valence-corrected chi connectivity index (χ2v) is 9.42. The van der Waals surface area contributed by atoms with E-state index in [0.29, 0.717) is 27.0 Å². The maximum atomic E-state index is 12.1. The summed E-state index contributed by atoms with van der Waals surface area (Å²) in [6, 6.07) is 17.6. The first kappa shape index (κ1) is 22.1. The first-order valence-corrected chi connectivity index (χ1v) is 12.2. The zero-order valence-corrected chi connectivity index (χ0v) is 20.3. The van der Waals surface area contributed by atoms with Crippen molar-refractivity contribution < 1.29 is 9.53 Å². The lowest BCUT2D eigenvalue weighted by atomic mass is 10.1. The summed E-state index contributed by atoms with van der Waals surface area (Å²) < 4.78 is 6.86. The monoisotopic (exact) mass is 570 g/mol. The van der Waals surface area contributed by atoms with E-state index in [0.717, 1.165) is 14.8 Å². The van der Waals surface area contributed by atoms with Crippen LogP contribution in [0.2, 0.25) is 0 Å². The fourth-order valence-corrected chi connectivity index (χ4v) is 4.46. The Morgan fingerprint density at radius 1 is 1.19 bits per heavy atom. The Bertz CT molecular complexity index is 1290. The molecule has 4 rings (SSSR count). The van der Waals surface area contributed by atoms with E-state index in [2.05, 4.69) is 43.9 Å². The molecule has 1 amide bonds. The number of allylic oxidation sites excluding steroid dienone is 1. The highest BCUT2D eigenvalue weighted by atomic mass is 127. The molecule has 0 fully saturated rings. The SMILES string of the molecule is N#C/C(=C\c1ccccc1OCC(=O)Nc1nccs1)c1nc(-c2ccc(I)cc2)cs1. The number of anilines is 1. The van der Waals surface area contributed by atoms with Gasteiger partial charge >= 0.3 is 0 Å². The Kier molecular flexibility index (Phi) is 7.26. The fourth-order valence-electron chi connectivity index (χ4n) is 2.76. The third-order valence-electron chi connectivity index (χ3n) is 4.25. The van der Waals surface area contributed by atoms with Gasteiger partial charge in [-0.05, 0) is 46.9 Å². The van der Waals surface area contributed by atoms with Crippen molar-refractivity contribution >= 4 is 68.0 Å². The van der Waals surface area contributed by atoms with Crippen molar-refractivity contribution in [3.63, 3.8) is 0 Å². The van der Waals surface area contributed by atoms with Crippen LogP contribution in [-0.4, -0.2) is 22.5 Å². The molecule has 0 saturated heterocycles. The largest absolute Gasteiger partial charge is 0.483 e. The lowest BCUT2D eigenvalue weighted by Gasteiger charge is -2.09. The number of nitrogens with zero attached hydrogens (tertiary/aromatic N) is 3. The summed E-state index contributed by atoms with van der Waals surface area (Å²) in [5, 5.41) is 17.3. The summed E-state index contributed by atoms with van der Waals surface area (Å²) >= 11 is 5.01. The molecule has 0 atom stereocenters. The van der Waals surface area contributed by atoms with Crippen LogP contribution in [0.5, 0.6) is 5.75 Å². The lowest BCUT2D eigenvalue weighted by molar-refractivity contribution is -0.118. The van der Waals surface area contributed by atoms with E-state index >= 15 is 0 Å². The molecule has 0 unspecified atom stereocenters. The minimum Gasteiger partial charge on any atom is -0.483 e. The van der Waals surface area contributed by atoms with Crippen LogP contribution in [0.15, 0.2) is 65.5 Å². The number of thiazole rings is 2. The highest BCUT2D eigenvalue weighted by Crippen LogP contribution is 2.29. The van der Waals surface area contributed by atoms with Gasteiger partial charge < -0.3 is 4.74 Å². The van der Waals surface area contributed by atoms with E-state index in [-0.39, 0.29) is 12.5 Å². The lowest BCUT2D eigenvalue weighted by Crippen LogP contribution is -2.20. The molecular weight excluding hydrogens is 555 g/mol. The zero-order valence-electron chi connectivity index (χ0n) is 16.5. The van der Waals surface area contributed by atoms with Crippen LogP contribution in [0.25, 0.3) is 22.9 Å². The molecule has 0 radical (unpaired) electrons. The number of rotatable bonds is 7. The molecule has 158 valence electrons. The molecule has 0 aliphatic heterocycles. The molecular formula is C23H15IN4O2S2. The Labute approximate surface area is 206 Å². The van der Waals surface area contributed by atoms with Crippen LogP contribution in [0.1, 0.15) is 10.6 Å². The van der Waals surface area contributed by atoms with Gasteiger partial charge in [0.05, 0.1) is 11.3 Å². The molecule has 2 aromatic heterocycles. The van der Waals surface area contributed by atoms with Crippen molar-refractivity contribution in [2.75, 3.05) is 11.9 Å². The van der Waals surface area contributed by atoms with Crippen molar-refractivity contribution in [2.24, 2.45) is 0 Å². The zero-order chi connectivity index (χ0) is 22.3. The summed E-state index contributed by atoms with van der Waals surface area (Å²) in [7, 11) is 0. The van der Waals surface area contributed by atoms with E-state index in [1.165, 1.54) is 22.7 Å². The summed E-state index contributed by atoms with van der Waals surface area (Å²) in [6.07, 6.45) is 3.35. The van der Waals surface area contributed by atoms with Gasteiger partial charge in [0.1, 0.15) is 16.8 Å². The summed E-state index contributed by atoms with van der Waals surface area (Å²) in [5.41, 5.74) is 2.94. The van der Waals surface area contributed by atoms with Crippen molar-refractivity contribution in [1.82, 2.24) is 9.97 Å². The predicted octanol–water partition coefficient (Wildman–Crippen LogP) is 5.95. The summed E-state index contributed by atoms with van der Waals surface area (Å²) in [4.78, 5) is 20.8. The topological polar surface area (TPSA) is 87.9 Å². The normalized spacial score (nSPS) is 11.1. The minimum absolute atomic E-state index is 0.166. The number of aromatic nitrogens is 2. The predicted molar refractivity (Wildman–Crippen MR) is 136 cm³/mol. The quantitative estimate of drug-likeness (QED) is 0.219. The van der Waals surface area contributed by atoms with Crippen LogP contribution in [0, 0.1) is 14.9 Å². The molecule has 0 spiro atoms. The van der Waals surface area contributed by atoms with E-state index in [4.69, 9.17) is 4.74 Å². The van der Waals surface area contributed by atoms with Gasteiger partial charge in [-0.2, -0.15) is 5.26 Å². The van der Waals surface area contributed by atoms with Crippen molar-refractivity contribution in [2.45, 2.75) is 0 Å². The molecule has 2 heterocycles. The number of hydrogen-bond donors (Lipinski definition) is 1. The average molecular weight is 570 g/mol. The number of carbonyl (C=O) groups excluding carboxylic acids is 1. The molecule has 1 N–H and O–H groups in total. The molecule has 0 aliphatic carbocycles. The highest BCUT2D eigenvalue weighted by molar-refractivity contribution is 14.1. The van der Waals surface area contributed by atoms with E-state index in [1.54, 1.807) is 23.7 Å². The van der Waals surface area contributed by atoms with E-state index in [9.17, 15) is 10.1 Å². The third kappa shape index (κ3) is 5.59. The molecule has 0 saturated carbocycles. The number of nitriles is 1. The molecule has 2 aromatic carbocycles. The van der Waals surface area contributed by atoms with Crippen molar-refractivity contribution in [1.29, 1.82) is 5.26 Å². The van der Waals surface area contributed by atoms with Crippen LogP contribution in [0.4, 0.5) is 5.13 Å². The van der Waals surface area contributed by atoms with E-state index in [1.807, 2.05) is 47.8 Å². The van der Waals surface area contributed by atoms with Gasteiger partial charge in [0.25, 0.3) is 5.91 Å². The molecule has 0 aliphatic rings. The highest BCUT2D eigenvalue weighted by Gasteiger charge is 2.12. The van der Waals surface area contributed by atoms with Crippen LogP contribution >= 0.6 is 45.3 Å². The van der Waals surface area contributed by atoms with Gasteiger partial charge in [-0.1, -0.05) is 30.3 Å². The van der Waals surface area contributed by atoms with Crippen LogP contribution in [-0.2, 0) is 4.79 Å². The summed E-state index contributed by atoms with van der Waals surface area (Å²) in [6.45, 7) is -0.166. The first-order chi connectivity index (χ1) is 15.6. The van der Waals surface area contributed by atoms with Crippen molar-refractivity contribution in [3.05, 3.63) is 79.6 Å². The van der Waals surface area contributed by atoms with Gasteiger partial charge in [0.2, 0.25) is 0 Å². The number of ether oxygens (including phenoxy) is 1. The molecule has 4 aromatic rings. The molecule has 9 heteroatoms. The van der Waals surface area contributed by atoms with Gasteiger partial charge in [0.15, 0.2) is 11.7 Å². The van der Waals surface area contributed by atoms with Crippen LogP contribution < -0.4 is 10.1 Å². The Morgan fingerprint density at radius 2 is 2.00 bits per heavy atom. The maximum absolute atomic E-state index is 12.1. The standard InChI is InChI=1S/C23H15IN4O2S2/c24-18-7-5-15(6-8-18)19-14-32-22(27-19)17(12-25)11-16-3-1-2-4-20(16)30-13-21(29)28-23-26-9-10-31-23/h1-11,14H,13H2,(H,26,28,29)/b17-11+. The second-order valence-electron chi connectivity index (χ2n) is 6.43. The Hall–Kier alpha value is -3.07. The number of nitrogens with one attached hydrogen (secondary N) is 1. The Balaban J connectivity index is 1.52. The third-order valence-corrected chi connectivity index (χ3v) is 6.53. The number of hydrogen-bond acceptors (Lipinski definition) is 7. The molecule has 0 bridgehead atoms. The molecule has 6 nitrogen and oxygen atoms in total. The van der Waals surface area contributed by atoms with Crippen LogP contribution in [0.3, 0.4) is 0 Å². The fraction of sp³-hybridized carbons (Fsp3) is 0.0435. The molecule has 32 heavy (non-hydrogen) atoms. The number of benzene rings is 2. The van der Waals surface area contributed by atoms with Gasteiger partial charge in [-0.25, -0.2) is 9.97 Å². The van der Waals surface area contributed by atoms with Gasteiger partial charge in [-0.3, -0.25) is 10.1 Å². The summed E-state index contributed by atoms with van der Waals surface area (Å²) in [5.74, 6) is 0.199. The first-order valence-electron chi connectivity index (χ1n) is 9.37. The van der Waals surface area contributed by atoms with Gasteiger partial charge in [-0.15, -0.1) is 22.7 Å². The number of para-hydroxylation sites is 1. The number of halogens is 1. The van der Waals surface area contributed by atoms with E-state index < -0.39 is 0 Å². The smallest absolute Gasteiger partial charge is 0.264 e. The number of carbonyl (C=O) groups is 1. The Morgan fingerprint density at radius 3 is 2.75 bits per heavy atom. The van der Waals surface area contributed by atoms with Gasteiger partial charge in [0, 0.05) is 31.7 Å². The van der Waals surface area contributed by atoms with Crippen molar-refractivity contribution in [3.8, 4) is 23.1 Å². The average Bonchev–Trinajstić information content (AvgIpc) is 3.50. The second kappa shape index (κ2) is 10.5. The minimum atomic E-state index is -0.304. The maximum Gasteiger partial charge on any atom is 0.264 e. The number of amides is 1.